The minimum Gasteiger partial charge on any atom is -0.297 e. The van der Waals surface area contributed by atoms with Crippen LogP contribution in [0, 0.1) is 10.1 Å². The first-order chi connectivity index (χ1) is 11.4. The van der Waals surface area contributed by atoms with Gasteiger partial charge < -0.3 is 0 Å². The van der Waals surface area contributed by atoms with E-state index >= 15 is 0 Å². The van der Waals surface area contributed by atoms with Crippen molar-refractivity contribution in [2.45, 2.75) is 5.03 Å². The van der Waals surface area contributed by atoms with Gasteiger partial charge in [-0.1, -0.05) is 0 Å². The SMILES string of the molecule is CS(=O)(=O)c1ccc(-n2cncc2-c2ccc([N+](=O)[O-])cc2)cn1. The lowest BCUT2D eigenvalue weighted by molar-refractivity contribution is -0.384. The number of imidazole rings is 1. The minimum atomic E-state index is -3.36. The van der Waals surface area contributed by atoms with Crippen molar-refractivity contribution >= 4 is 15.5 Å². The van der Waals surface area contributed by atoms with Crippen molar-refractivity contribution in [3.05, 3.63) is 65.2 Å². The predicted octanol–water partition coefficient (Wildman–Crippen LogP) is 2.25. The first kappa shape index (κ1) is 15.8. The highest BCUT2D eigenvalue weighted by Gasteiger charge is 2.12. The van der Waals surface area contributed by atoms with E-state index in [4.69, 9.17) is 0 Å². The highest BCUT2D eigenvalue weighted by atomic mass is 32.2. The van der Waals surface area contributed by atoms with E-state index in [-0.39, 0.29) is 10.7 Å². The molecule has 24 heavy (non-hydrogen) atoms. The maximum atomic E-state index is 11.5. The zero-order chi connectivity index (χ0) is 17.3. The van der Waals surface area contributed by atoms with Gasteiger partial charge in [0.25, 0.3) is 5.69 Å². The summed E-state index contributed by atoms with van der Waals surface area (Å²) in [6.45, 7) is 0. The van der Waals surface area contributed by atoms with Crippen LogP contribution >= 0.6 is 0 Å². The molecule has 2 heterocycles. The van der Waals surface area contributed by atoms with Crippen molar-refractivity contribution in [1.82, 2.24) is 14.5 Å². The zero-order valence-corrected chi connectivity index (χ0v) is 13.3. The quantitative estimate of drug-likeness (QED) is 0.530. The Labute approximate surface area is 137 Å². The number of aromatic nitrogens is 3. The number of nitro groups is 1. The summed E-state index contributed by atoms with van der Waals surface area (Å²) in [7, 11) is -3.36. The van der Waals surface area contributed by atoms with Crippen molar-refractivity contribution in [2.75, 3.05) is 6.26 Å². The van der Waals surface area contributed by atoms with Crippen molar-refractivity contribution < 1.29 is 13.3 Å². The Morgan fingerprint density at radius 1 is 1.08 bits per heavy atom. The summed E-state index contributed by atoms with van der Waals surface area (Å²) in [5.41, 5.74) is 2.08. The number of benzene rings is 1. The molecule has 1 aromatic carbocycles. The van der Waals surface area contributed by atoms with Crippen LogP contribution in [-0.2, 0) is 9.84 Å². The third-order valence-corrected chi connectivity index (χ3v) is 4.39. The molecule has 8 nitrogen and oxygen atoms in total. The van der Waals surface area contributed by atoms with Gasteiger partial charge in [-0.25, -0.2) is 18.4 Å². The highest BCUT2D eigenvalue weighted by molar-refractivity contribution is 7.90. The lowest BCUT2D eigenvalue weighted by Crippen LogP contribution is -2.02. The smallest absolute Gasteiger partial charge is 0.269 e. The van der Waals surface area contributed by atoms with Crippen LogP contribution in [0.3, 0.4) is 0 Å². The van der Waals surface area contributed by atoms with Gasteiger partial charge in [0.1, 0.15) is 0 Å². The monoisotopic (exact) mass is 344 g/mol. The summed E-state index contributed by atoms with van der Waals surface area (Å²) in [5.74, 6) is 0. The van der Waals surface area contributed by atoms with Gasteiger partial charge in [-0.15, -0.1) is 0 Å². The lowest BCUT2D eigenvalue weighted by Gasteiger charge is -2.08. The molecular weight excluding hydrogens is 332 g/mol. The third-order valence-electron chi connectivity index (χ3n) is 3.39. The summed E-state index contributed by atoms with van der Waals surface area (Å²) >= 11 is 0. The summed E-state index contributed by atoms with van der Waals surface area (Å²) in [6.07, 6.45) is 5.71. The van der Waals surface area contributed by atoms with E-state index in [1.54, 1.807) is 35.3 Å². The van der Waals surface area contributed by atoms with E-state index in [0.717, 1.165) is 11.8 Å². The van der Waals surface area contributed by atoms with Crippen LogP contribution in [0.1, 0.15) is 0 Å². The van der Waals surface area contributed by atoms with Gasteiger partial charge in [-0.3, -0.25) is 14.7 Å². The van der Waals surface area contributed by atoms with E-state index in [2.05, 4.69) is 9.97 Å². The largest absolute Gasteiger partial charge is 0.297 e. The summed E-state index contributed by atoms with van der Waals surface area (Å²) in [4.78, 5) is 18.3. The number of hydrogen-bond donors (Lipinski definition) is 0. The molecule has 0 atom stereocenters. The molecule has 0 unspecified atom stereocenters. The fourth-order valence-electron chi connectivity index (χ4n) is 2.20. The van der Waals surface area contributed by atoms with Crippen molar-refractivity contribution in [1.29, 1.82) is 0 Å². The van der Waals surface area contributed by atoms with Crippen LogP contribution in [0.2, 0.25) is 0 Å². The molecule has 0 amide bonds. The Morgan fingerprint density at radius 2 is 1.79 bits per heavy atom. The number of hydrogen-bond acceptors (Lipinski definition) is 6. The molecule has 0 spiro atoms. The molecule has 0 N–H and O–H groups in total. The molecule has 122 valence electrons. The summed E-state index contributed by atoms with van der Waals surface area (Å²) in [5, 5.41) is 10.7. The molecule has 0 saturated carbocycles. The molecule has 9 heteroatoms. The molecule has 0 bridgehead atoms. The van der Waals surface area contributed by atoms with Gasteiger partial charge in [-0.2, -0.15) is 0 Å². The molecule has 3 aromatic rings. The normalized spacial score (nSPS) is 11.4. The minimum absolute atomic E-state index is 0.00369. The molecule has 0 aliphatic rings. The molecular formula is C15H12N4O4S. The molecule has 0 fully saturated rings. The van der Waals surface area contributed by atoms with Crippen LogP contribution in [0.15, 0.2) is 60.1 Å². The fraction of sp³-hybridized carbons (Fsp3) is 0.0667. The molecule has 0 aliphatic carbocycles. The molecule has 0 radical (unpaired) electrons. The second kappa shape index (κ2) is 5.85. The standard InChI is InChI=1S/C15H12N4O4S/c1-24(22,23)15-7-6-13(8-17-15)18-10-16-9-14(18)11-2-4-12(5-3-11)19(20)21/h2-10H,1H3. The molecule has 3 rings (SSSR count). The topological polar surface area (TPSA) is 108 Å². The van der Waals surface area contributed by atoms with Gasteiger partial charge in [-0.05, 0) is 24.3 Å². The van der Waals surface area contributed by atoms with Gasteiger partial charge in [0.15, 0.2) is 14.9 Å². The second-order valence-electron chi connectivity index (χ2n) is 5.08. The Balaban J connectivity index is 2.00. The molecule has 2 aromatic heterocycles. The Hall–Kier alpha value is -3.07. The zero-order valence-electron chi connectivity index (χ0n) is 12.5. The lowest BCUT2D eigenvalue weighted by atomic mass is 10.1. The van der Waals surface area contributed by atoms with E-state index in [1.807, 2.05) is 0 Å². The first-order valence-electron chi connectivity index (χ1n) is 6.80. The average Bonchev–Trinajstić information content (AvgIpc) is 3.04. The van der Waals surface area contributed by atoms with Crippen LogP contribution in [0.25, 0.3) is 16.9 Å². The molecule has 0 saturated heterocycles. The maximum absolute atomic E-state index is 11.5. The number of sulfone groups is 1. The Morgan fingerprint density at radius 3 is 2.33 bits per heavy atom. The number of non-ortho nitro benzene ring substituents is 1. The number of nitrogens with zero attached hydrogens (tertiary/aromatic N) is 4. The molecule has 0 aliphatic heterocycles. The van der Waals surface area contributed by atoms with E-state index in [1.165, 1.54) is 24.4 Å². The van der Waals surface area contributed by atoms with Crippen LogP contribution in [0.5, 0.6) is 0 Å². The highest BCUT2D eigenvalue weighted by Crippen LogP contribution is 2.24. The van der Waals surface area contributed by atoms with Crippen molar-refractivity contribution in [3.8, 4) is 16.9 Å². The maximum Gasteiger partial charge on any atom is 0.269 e. The van der Waals surface area contributed by atoms with E-state index < -0.39 is 14.8 Å². The first-order valence-corrected chi connectivity index (χ1v) is 8.69. The van der Waals surface area contributed by atoms with Gasteiger partial charge in [0.05, 0.1) is 35.0 Å². The van der Waals surface area contributed by atoms with Crippen LogP contribution in [-0.4, -0.2) is 34.1 Å². The second-order valence-corrected chi connectivity index (χ2v) is 7.04. The van der Waals surface area contributed by atoms with Crippen molar-refractivity contribution in [2.24, 2.45) is 0 Å². The van der Waals surface area contributed by atoms with Crippen LogP contribution < -0.4 is 0 Å². The van der Waals surface area contributed by atoms with E-state index in [0.29, 0.717) is 11.4 Å². The third kappa shape index (κ3) is 3.01. The van der Waals surface area contributed by atoms with Gasteiger partial charge in [0, 0.05) is 24.0 Å². The Kier molecular flexibility index (Phi) is 3.86. The Bertz CT molecular complexity index is 993. The van der Waals surface area contributed by atoms with Crippen LogP contribution in [0.4, 0.5) is 5.69 Å². The number of pyridine rings is 1. The number of nitro benzene ring substituents is 1. The average molecular weight is 344 g/mol. The summed E-state index contributed by atoms with van der Waals surface area (Å²) < 4.78 is 24.7. The van der Waals surface area contributed by atoms with Crippen molar-refractivity contribution in [3.63, 3.8) is 0 Å². The fourth-order valence-corrected chi connectivity index (χ4v) is 2.76. The van der Waals surface area contributed by atoms with E-state index in [9.17, 15) is 18.5 Å². The van der Waals surface area contributed by atoms with Gasteiger partial charge >= 0.3 is 0 Å². The number of rotatable bonds is 4. The van der Waals surface area contributed by atoms with Gasteiger partial charge in [0.2, 0.25) is 0 Å². The summed E-state index contributed by atoms with van der Waals surface area (Å²) in [6, 6.07) is 9.13. The predicted molar refractivity (Wildman–Crippen MR) is 86.6 cm³/mol.